The molecule has 0 aromatic heterocycles. The molecule has 18 heavy (non-hydrogen) atoms. The summed E-state index contributed by atoms with van der Waals surface area (Å²) in [4.78, 5) is 24.0. The summed E-state index contributed by atoms with van der Waals surface area (Å²) < 4.78 is 0.616. The molecule has 2 heterocycles. The Bertz CT molecular complexity index is 450. The van der Waals surface area contributed by atoms with E-state index in [4.69, 9.17) is 5.73 Å². The number of carboxylic acid groups (broad SMARTS) is 1. The SMILES string of the molecule is CC=C1C(=O)N2C(C(=O)[O-])=C(SCCN)SC12.[Na+]. The van der Waals surface area contributed by atoms with Crippen LogP contribution < -0.4 is 40.4 Å². The van der Waals surface area contributed by atoms with Gasteiger partial charge in [0.05, 0.1) is 15.9 Å². The van der Waals surface area contributed by atoms with Gasteiger partial charge in [-0.3, -0.25) is 9.69 Å². The number of nitrogens with two attached hydrogens (primary N) is 1. The predicted octanol–water partition coefficient (Wildman–Crippen LogP) is -3.54. The summed E-state index contributed by atoms with van der Waals surface area (Å²) >= 11 is 2.73. The molecule has 1 unspecified atom stereocenters. The third kappa shape index (κ3) is 2.52. The van der Waals surface area contributed by atoms with Crippen molar-refractivity contribution in [2.24, 2.45) is 5.73 Å². The minimum atomic E-state index is -1.30. The van der Waals surface area contributed by atoms with E-state index in [2.05, 4.69) is 0 Å². The molecular weight excluding hydrogens is 283 g/mol. The standard InChI is InChI=1S/C10H12N2O3S2.Na/c1-2-5-7(13)12-6(9(14)15)10(16-4-3-11)17-8(5)12;/h2,8H,3-4,11H2,1H3,(H,14,15);/q;+1/p-1. The smallest absolute Gasteiger partial charge is 0.543 e. The molecule has 1 amide bonds. The number of amides is 1. The van der Waals surface area contributed by atoms with E-state index >= 15 is 0 Å². The molecule has 0 radical (unpaired) electrons. The van der Waals surface area contributed by atoms with Gasteiger partial charge in [0.1, 0.15) is 5.37 Å². The molecule has 5 nitrogen and oxygen atoms in total. The number of carbonyl (C=O) groups excluding carboxylic acids is 2. The van der Waals surface area contributed by atoms with Gasteiger partial charge >= 0.3 is 29.6 Å². The molecule has 2 aliphatic rings. The van der Waals surface area contributed by atoms with Crippen molar-refractivity contribution in [3.05, 3.63) is 21.6 Å². The summed E-state index contributed by atoms with van der Waals surface area (Å²) in [6, 6.07) is 0. The van der Waals surface area contributed by atoms with E-state index in [0.29, 0.717) is 22.1 Å². The fraction of sp³-hybridized carbons (Fsp3) is 0.400. The molecule has 0 aromatic rings. The zero-order valence-electron chi connectivity index (χ0n) is 10.1. The van der Waals surface area contributed by atoms with Crippen LogP contribution in [0.1, 0.15) is 6.92 Å². The fourth-order valence-electron chi connectivity index (χ4n) is 1.72. The average molecular weight is 294 g/mol. The van der Waals surface area contributed by atoms with Crippen molar-refractivity contribution >= 4 is 35.4 Å². The van der Waals surface area contributed by atoms with Crippen LogP contribution in [-0.4, -0.2) is 34.4 Å². The Morgan fingerprint density at radius 1 is 1.67 bits per heavy atom. The molecule has 0 aromatic carbocycles. The predicted molar refractivity (Wildman–Crippen MR) is 65.5 cm³/mol. The van der Waals surface area contributed by atoms with Crippen LogP contribution in [0.5, 0.6) is 0 Å². The molecule has 1 atom stereocenters. The molecule has 92 valence electrons. The third-order valence-corrected chi connectivity index (χ3v) is 5.11. The van der Waals surface area contributed by atoms with Gasteiger partial charge in [-0.15, -0.1) is 11.8 Å². The summed E-state index contributed by atoms with van der Waals surface area (Å²) in [5.41, 5.74) is 6.03. The van der Waals surface area contributed by atoms with Crippen molar-refractivity contribution in [1.29, 1.82) is 0 Å². The zero-order chi connectivity index (χ0) is 12.6. The van der Waals surface area contributed by atoms with Crippen LogP contribution in [0.15, 0.2) is 21.6 Å². The van der Waals surface area contributed by atoms with Gasteiger partial charge in [0.15, 0.2) is 0 Å². The van der Waals surface area contributed by atoms with E-state index in [0.717, 1.165) is 0 Å². The Hall–Kier alpha value is 0.0800. The molecule has 0 spiro atoms. The van der Waals surface area contributed by atoms with E-state index < -0.39 is 5.97 Å². The first kappa shape index (κ1) is 16.1. The van der Waals surface area contributed by atoms with Gasteiger partial charge in [0.25, 0.3) is 5.91 Å². The van der Waals surface area contributed by atoms with Crippen LogP contribution in [0.25, 0.3) is 0 Å². The second-order valence-corrected chi connectivity index (χ2v) is 5.90. The number of aliphatic carboxylic acids is 1. The van der Waals surface area contributed by atoms with Crippen LogP contribution in [-0.2, 0) is 9.59 Å². The molecule has 0 bridgehead atoms. The Labute approximate surface area is 136 Å². The normalized spacial score (nSPS) is 23.9. The molecule has 1 saturated heterocycles. The van der Waals surface area contributed by atoms with Crippen LogP contribution in [0, 0.1) is 0 Å². The summed E-state index contributed by atoms with van der Waals surface area (Å²) in [5, 5.41) is 10.9. The van der Waals surface area contributed by atoms with Gasteiger partial charge < -0.3 is 15.6 Å². The summed E-state index contributed by atoms with van der Waals surface area (Å²) in [5.74, 6) is -0.922. The van der Waals surface area contributed by atoms with Crippen LogP contribution in [0.2, 0.25) is 0 Å². The molecule has 2 N–H and O–H groups in total. The number of nitrogens with zero attached hydrogens (tertiary/aromatic N) is 1. The Morgan fingerprint density at radius 2 is 2.33 bits per heavy atom. The molecule has 2 aliphatic heterocycles. The Balaban J connectivity index is 0.00000162. The van der Waals surface area contributed by atoms with E-state index in [1.165, 1.54) is 28.4 Å². The van der Waals surface area contributed by atoms with Crippen molar-refractivity contribution in [2.45, 2.75) is 12.3 Å². The number of rotatable bonds is 4. The number of carbonyl (C=O) groups is 2. The van der Waals surface area contributed by atoms with E-state index in [1.807, 2.05) is 0 Å². The van der Waals surface area contributed by atoms with Crippen molar-refractivity contribution in [1.82, 2.24) is 4.90 Å². The average Bonchev–Trinajstić information content (AvgIpc) is 2.62. The maximum absolute atomic E-state index is 11.7. The van der Waals surface area contributed by atoms with Crippen molar-refractivity contribution in [3.8, 4) is 0 Å². The Kier molecular flexibility index (Phi) is 5.82. The number of hydrogen-bond acceptors (Lipinski definition) is 6. The molecular formula is C10H11N2NaO3S2. The first-order chi connectivity index (χ1) is 8.11. The van der Waals surface area contributed by atoms with Crippen molar-refractivity contribution in [2.75, 3.05) is 12.3 Å². The molecule has 8 heteroatoms. The minimum Gasteiger partial charge on any atom is -0.543 e. The van der Waals surface area contributed by atoms with Gasteiger partial charge in [0, 0.05) is 17.9 Å². The molecule has 2 rings (SSSR count). The van der Waals surface area contributed by atoms with E-state index in [9.17, 15) is 14.7 Å². The maximum atomic E-state index is 11.7. The molecule has 0 aliphatic carbocycles. The van der Waals surface area contributed by atoms with Gasteiger partial charge in [-0.25, -0.2) is 0 Å². The summed E-state index contributed by atoms with van der Waals surface area (Å²) in [6.45, 7) is 2.24. The molecule has 1 fully saturated rings. The van der Waals surface area contributed by atoms with Gasteiger partial charge in [-0.1, -0.05) is 17.8 Å². The number of β-lactam (4-membered cyclic amide) rings is 1. The summed E-state index contributed by atoms with van der Waals surface area (Å²) in [7, 11) is 0. The first-order valence-corrected chi connectivity index (χ1v) is 6.93. The first-order valence-electron chi connectivity index (χ1n) is 5.06. The third-order valence-electron chi connectivity index (χ3n) is 2.47. The monoisotopic (exact) mass is 294 g/mol. The van der Waals surface area contributed by atoms with E-state index in [1.54, 1.807) is 13.0 Å². The number of carboxylic acids is 1. The number of allylic oxidation sites excluding steroid dienone is 1. The van der Waals surface area contributed by atoms with E-state index in [-0.39, 0.29) is 46.5 Å². The minimum absolute atomic E-state index is 0. The van der Waals surface area contributed by atoms with Crippen LogP contribution in [0.3, 0.4) is 0 Å². The number of hydrogen-bond donors (Lipinski definition) is 1. The second-order valence-electron chi connectivity index (χ2n) is 3.45. The van der Waals surface area contributed by atoms with Crippen LogP contribution in [0.4, 0.5) is 0 Å². The second kappa shape index (κ2) is 6.49. The van der Waals surface area contributed by atoms with Gasteiger partial charge in [-0.2, -0.15) is 0 Å². The largest absolute Gasteiger partial charge is 1.00 e. The van der Waals surface area contributed by atoms with Crippen molar-refractivity contribution < 1.29 is 44.3 Å². The fourth-order valence-corrected chi connectivity index (χ4v) is 4.30. The molecule has 0 saturated carbocycles. The van der Waals surface area contributed by atoms with Gasteiger partial charge in [-0.05, 0) is 6.92 Å². The van der Waals surface area contributed by atoms with Crippen molar-refractivity contribution in [3.63, 3.8) is 0 Å². The number of fused-ring (bicyclic) bond motifs is 1. The number of thioether (sulfide) groups is 2. The summed E-state index contributed by atoms with van der Waals surface area (Å²) in [6.07, 6.45) is 1.72. The van der Waals surface area contributed by atoms with Gasteiger partial charge in [0.2, 0.25) is 0 Å². The quantitative estimate of drug-likeness (QED) is 0.328. The maximum Gasteiger partial charge on any atom is 1.00 e. The topological polar surface area (TPSA) is 86.5 Å². The zero-order valence-corrected chi connectivity index (χ0v) is 13.8. The Morgan fingerprint density at radius 3 is 2.83 bits per heavy atom. The van der Waals surface area contributed by atoms with Crippen LogP contribution >= 0.6 is 23.5 Å².